The summed E-state index contributed by atoms with van der Waals surface area (Å²) in [6.07, 6.45) is 2.48. The molecule has 0 amide bonds. The van der Waals surface area contributed by atoms with Crippen LogP contribution in [0, 0.1) is 0 Å². The quantitative estimate of drug-likeness (QED) is 0.699. The van der Waals surface area contributed by atoms with Crippen LogP contribution in [0.4, 0.5) is 0 Å². The number of H-pyrrole nitrogens is 1. The second kappa shape index (κ2) is 5.06. The number of hydrogen-bond acceptors (Lipinski definition) is 4. The van der Waals surface area contributed by atoms with Gasteiger partial charge in [-0.3, -0.25) is 5.10 Å². The number of nitrogens with one attached hydrogen (secondary N) is 1. The number of fused-ring (bicyclic) bond motifs is 1. The number of benzene rings is 1. The largest absolute Gasteiger partial charge is 0.262 e. The molecule has 0 atom stereocenters. The molecule has 3 aromatic rings. The normalized spacial score (nSPS) is 15.1. The lowest BCUT2D eigenvalue weighted by atomic mass is 10.2. The van der Waals surface area contributed by atoms with Gasteiger partial charge in [0.1, 0.15) is 5.82 Å². The summed E-state index contributed by atoms with van der Waals surface area (Å²) in [5.74, 6) is 2.47. The highest BCUT2D eigenvalue weighted by Crippen LogP contribution is 2.40. The second-order valence-electron chi connectivity index (χ2n) is 4.90. The smallest absolute Gasteiger partial charge is 0.208 e. The molecule has 1 fully saturated rings. The van der Waals surface area contributed by atoms with Crippen LogP contribution in [0.5, 0.6) is 0 Å². The summed E-state index contributed by atoms with van der Waals surface area (Å²) in [6, 6.07) is 8.25. The number of thioether (sulfide) groups is 1. The molecule has 0 spiro atoms. The van der Waals surface area contributed by atoms with Gasteiger partial charge in [-0.2, -0.15) is 0 Å². The molecule has 102 valence electrons. The lowest BCUT2D eigenvalue weighted by Gasteiger charge is -1.94. The fourth-order valence-corrected chi connectivity index (χ4v) is 4.61. The van der Waals surface area contributed by atoms with Gasteiger partial charge in [0.05, 0.1) is 5.02 Å². The molecule has 3 nitrogen and oxygen atoms in total. The zero-order valence-corrected chi connectivity index (χ0v) is 13.0. The molecule has 0 saturated heterocycles. The molecule has 1 N–H and O–H groups in total. The van der Waals surface area contributed by atoms with Gasteiger partial charge in [-0.1, -0.05) is 41.6 Å². The first-order chi connectivity index (χ1) is 9.81. The predicted octanol–water partition coefficient (Wildman–Crippen LogP) is 4.84. The van der Waals surface area contributed by atoms with E-state index < -0.39 is 0 Å². The fraction of sp³-hybridized carbons (Fsp3) is 0.286. The van der Waals surface area contributed by atoms with Crippen molar-refractivity contribution in [3.05, 3.63) is 40.0 Å². The maximum atomic E-state index is 6.44. The molecule has 1 aromatic carbocycles. The highest BCUT2D eigenvalue weighted by Gasteiger charge is 2.27. The van der Waals surface area contributed by atoms with Gasteiger partial charge in [0.2, 0.25) is 5.16 Å². The molecule has 4 rings (SSSR count). The van der Waals surface area contributed by atoms with Gasteiger partial charge in [0.25, 0.3) is 0 Å². The monoisotopic (exact) mass is 321 g/mol. The van der Waals surface area contributed by atoms with Crippen LogP contribution in [-0.2, 0) is 5.75 Å². The Morgan fingerprint density at radius 3 is 3.00 bits per heavy atom. The molecular formula is C14H12ClN3S2. The van der Waals surface area contributed by atoms with Crippen LogP contribution >= 0.6 is 34.7 Å². The highest BCUT2D eigenvalue weighted by atomic mass is 35.5. The molecule has 2 heterocycles. The summed E-state index contributed by atoms with van der Waals surface area (Å²) in [6.45, 7) is 0. The average molecular weight is 322 g/mol. The Morgan fingerprint density at radius 2 is 2.20 bits per heavy atom. The number of nitrogens with zero attached hydrogens (tertiary/aromatic N) is 2. The number of aromatic amines is 1. The van der Waals surface area contributed by atoms with Crippen LogP contribution in [0.3, 0.4) is 0 Å². The summed E-state index contributed by atoms with van der Waals surface area (Å²) in [5.41, 5.74) is 0. The first kappa shape index (κ1) is 12.7. The van der Waals surface area contributed by atoms with Gasteiger partial charge in [-0.05, 0) is 18.9 Å². The molecule has 1 aliphatic rings. The second-order valence-corrected chi connectivity index (χ2v) is 7.36. The Labute approximate surface area is 129 Å². The Bertz CT molecular complexity index is 761. The number of aromatic nitrogens is 3. The Balaban J connectivity index is 1.53. The SMILES string of the molecule is Clc1c(CSc2n[nH]c(C3CC3)n2)sc2ccccc12. The van der Waals surface area contributed by atoms with E-state index >= 15 is 0 Å². The van der Waals surface area contributed by atoms with E-state index in [0.29, 0.717) is 5.92 Å². The summed E-state index contributed by atoms with van der Waals surface area (Å²) >= 11 is 9.83. The summed E-state index contributed by atoms with van der Waals surface area (Å²) in [5, 5.41) is 10.1. The van der Waals surface area contributed by atoms with Crippen molar-refractivity contribution in [2.24, 2.45) is 0 Å². The number of rotatable bonds is 4. The highest BCUT2D eigenvalue weighted by molar-refractivity contribution is 7.98. The van der Waals surface area contributed by atoms with Crippen LogP contribution in [0.2, 0.25) is 5.02 Å². The van der Waals surface area contributed by atoms with Crippen molar-refractivity contribution in [3.8, 4) is 0 Å². The van der Waals surface area contributed by atoms with Crippen molar-refractivity contribution in [2.45, 2.75) is 29.7 Å². The molecular weight excluding hydrogens is 310 g/mol. The van der Waals surface area contributed by atoms with Gasteiger partial charge in [0.15, 0.2) is 0 Å². The molecule has 6 heteroatoms. The fourth-order valence-electron chi connectivity index (χ4n) is 2.15. The van der Waals surface area contributed by atoms with Gasteiger partial charge >= 0.3 is 0 Å². The maximum absolute atomic E-state index is 6.44. The first-order valence-electron chi connectivity index (χ1n) is 6.52. The van der Waals surface area contributed by atoms with Gasteiger partial charge in [0, 0.05) is 26.6 Å². The van der Waals surface area contributed by atoms with E-state index in [1.807, 2.05) is 12.1 Å². The van der Waals surface area contributed by atoms with E-state index in [0.717, 1.165) is 27.1 Å². The Hall–Kier alpha value is -1.04. The summed E-state index contributed by atoms with van der Waals surface area (Å²) in [4.78, 5) is 5.72. The van der Waals surface area contributed by atoms with Crippen molar-refractivity contribution in [3.63, 3.8) is 0 Å². The predicted molar refractivity (Wildman–Crippen MR) is 84.8 cm³/mol. The zero-order valence-electron chi connectivity index (χ0n) is 10.6. The minimum Gasteiger partial charge on any atom is -0.262 e. The van der Waals surface area contributed by atoms with Crippen LogP contribution in [0.1, 0.15) is 29.5 Å². The summed E-state index contributed by atoms with van der Waals surface area (Å²) in [7, 11) is 0. The molecule has 2 aromatic heterocycles. The number of hydrogen-bond donors (Lipinski definition) is 1. The number of thiophene rings is 1. The third-order valence-corrected chi connectivity index (χ3v) is 6.15. The minimum absolute atomic E-state index is 0.616. The average Bonchev–Trinajstić information content (AvgIpc) is 3.13. The molecule has 1 aliphatic carbocycles. The lowest BCUT2D eigenvalue weighted by Crippen LogP contribution is -1.81. The van der Waals surface area contributed by atoms with Crippen molar-refractivity contribution in [2.75, 3.05) is 0 Å². The molecule has 0 aliphatic heterocycles. The van der Waals surface area contributed by atoms with E-state index in [1.54, 1.807) is 23.1 Å². The van der Waals surface area contributed by atoms with Crippen molar-refractivity contribution in [1.82, 2.24) is 15.2 Å². The Kier molecular flexibility index (Phi) is 3.21. The van der Waals surface area contributed by atoms with Crippen LogP contribution in [0.25, 0.3) is 10.1 Å². The van der Waals surface area contributed by atoms with Gasteiger partial charge in [-0.25, -0.2) is 4.98 Å². The molecule has 1 saturated carbocycles. The van der Waals surface area contributed by atoms with Crippen molar-refractivity contribution < 1.29 is 0 Å². The van der Waals surface area contributed by atoms with Crippen LogP contribution in [0.15, 0.2) is 29.4 Å². The first-order valence-corrected chi connectivity index (χ1v) is 8.70. The van der Waals surface area contributed by atoms with E-state index in [4.69, 9.17) is 11.6 Å². The molecule has 0 bridgehead atoms. The van der Waals surface area contributed by atoms with Crippen LogP contribution in [-0.4, -0.2) is 15.2 Å². The van der Waals surface area contributed by atoms with E-state index in [9.17, 15) is 0 Å². The van der Waals surface area contributed by atoms with E-state index in [2.05, 4.69) is 27.3 Å². The van der Waals surface area contributed by atoms with Crippen molar-refractivity contribution in [1.29, 1.82) is 0 Å². The van der Waals surface area contributed by atoms with Gasteiger partial charge < -0.3 is 0 Å². The third kappa shape index (κ3) is 2.34. The topological polar surface area (TPSA) is 41.6 Å². The molecule has 20 heavy (non-hydrogen) atoms. The summed E-state index contributed by atoms with van der Waals surface area (Å²) < 4.78 is 1.24. The van der Waals surface area contributed by atoms with E-state index in [1.165, 1.54) is 22.4 Å². The molecule has 0 radical (unpaired) electrons. The van der Waals surface area contributed by atoms with E-state index in [-0.39, 0.29) is 0 Å². The third-order valence-electron chi connectivity index (χ3n) is 3.38. The maximum Gasteiger partial charge on any atom is 0.208 e. The zero-order chi connectivity index (χ0) is 13.5. The molecule has 0 unspecified atom stereocenters. The lowest BCUT2D eigenvalue weighted by molar-refractivity contribution is 0.932. The standard InChI is InChI=1S/C14H12ClN3S2/c15-12-9-3-1-2-4-10(9)20-11(12)7-19-14-16-13(17-18-14)8-5-6-8/h1-4,8H,5-7H2,(H,16,17,18). The van der Waals surface area contributed by atoms with Crippen LogP contribution < -0.4 is 0 Å². The van der Waals surface area contributed by atoms with Crippen molar-refractivity contribution >= 4 is 44.8 Å². The Morgan fingerprint density at radius 1 is 1.35 bits per heavy atom. The minimum atomic E-state index is 0.616. The number of halogens is 1. The van der Waals surface area contributed by atoms with Gasteiger partial charge in [-0.15, -0.1) is 16.4 Å².